The van der Waals surface area contributed by atoms with Crippen LogP contribution in [0.25, 0.3) is 0 Å². The molecule has 21 heavy (non-hydrogen) atoms. The molecular weight excluding hydrogens is 352 g/mol. The minimum atomic E-state index is -1.01. The van der Waals surface area contributed by atoms with E-state index in [0.29, 0.717) is 0 Å². The molecule has 1 aliphatic rings. The smallest absolute Gasteiger partial charge is 0.328 e. The molecule has 1 fully saturated rings. The molecule has 1 aliphatic carbocycles. The summed E-state index contributed by atoms with van der Waals surface area (Å²) in [5.41, 5.74) is 2.11. The standard InChI is InChI=1S/C17H14BrClO2/c1-21-16(20)17(19)14(11-5-3-2-4-6-11)15(17)12-7-9-13(18)10-8-12/h2-10,14-15H,1H3/t14-,15-,17+/m1/s1. The van der Waals surface area contributed by atoms with Crippen molar-refractivity contribution < 1.29 is 9.53 Å². The Morgan fingerprint density at radius 2 is 1.57 bits per heavy atom. The Kier molecular flexibility index (Phi) is 3.80. The van der Waals surface area contributed by atoms with Gasteiger partial charge in [0.25, 0.3) is 0 Å². The summed E-state index contributed by atoms with van der Waals surface area (Å²) in [7, 11) is 1.38. The molecule has 0 aliphatic heterocycles. The number of methoxy groups -OCH3 is 1. The SMILES string of the molecule is COC(=O)[C@]1(Cl)[C@H](c2ccccc2)[C@H]1c1ccc(Br)cc1. The molecule has 0 amide bonds. The highest BCUT2D eigenvalue weighted by Gasteiger charge is 2.70. The van der Waals surface area contributed by atoms with Gasteiger partial charge in [0.1, 0.15) is 0 Å². The van der Waals surface area contributed by atoms with Crippen molar-refractivity contribution in [3.05, 3.63) is 70.2 Å². The van der Waals surface area contributed by atoms with E-state index in [9.17, 15) is 4.79 Å². The number of rotatable bonds is 3. The highest BCUT2D eigenvalue weighted by atomic mass is 79.9. The van der Waals surface area contributed by atoms with Gasteiger partial charge in [-0.05, 0) is 23.3 Å². The molecule has 2 aromatic rings. The van der Waals surface area contributed by atoms with Gasteiger partial charge in [0.05, 0.1) is 7.11 Å². The summed E-state index contributed by atoms with van der Waals surface area (Å²) in [4.78, 5) is 11.2. The first-order chi connectivity index (χ1) is 10.1. The van der Waals surface area contributed by atoms with Crippen LogP contribution in [0.4, 0.5) is 0 Å². The minimum Gasteiger partial charge on any atom is -0.468 e. The lowest BCUT2D eigenvalue weighted by molar-refractivity contribution is -0.141. The van der Waals surface area contributed by atoms with Crippen LogP contribution < -0.4 is 0 Å². The third kappa shape index (κ3) is 2.39. The monoisotopic (exact) mass is 364 g/mol. The maximum absolute atomic E-state index is 12.2. The van der Waals surface area contributed by atoms with Crippen molar-refractivity contribution in [3.63, 3.8) is 0 Å². The van der Waals surface area contributed by atoms with Gasteiger partial charge in [-0.15, -0.1) is 11.6 Å². The third-order valence-corrected chi connectivity index (χ3v) is 5.17. The molecule has 0 heterocycles. The summed E-state index contributed by atoms with van der Waals surface area (Å²) in [6.07, 6.45) is 0. The maximum atomic E-state index is 12.2. The van der Waals surface area contributed by atoms with Gasteiger partial charge in [-0.25, -0.2) is 0 Å². The summed E-state index contributed by atoms with van der Waals surface area (Å²) in [6, 6.07) is 17.8. The fourth-order valence-electron chi connectivity index (χ4n) is 2.97. The fraction of sp³-hybridized carbons (Fsp3) is 0.235. The van der Waals surface area contributed by atoms with E-state index in [1.807, 2.05) is 54.6 Å². The lowest BCUT2D eigenvalue weighted by Crippen LogP contribution is -2.21. The molecule has 2 nitrogen and oxygen atoms in total. The van der Waals surface area contributed by atoms with E-state index in [0.717, 1.165) is 15.6 Å². The van der Waals surface area contributed by atoms with E-state index < -0.39 is 4.87 Å². The second kappa shape index (κ2) is 5.47. The van der Waals surface area contributed by atoms with Gasteiger partial charge < -0.3 is 4.74 Å². The highest BCUT2D eigenvalue weighted by molar-refractivity contribution is 9.10. The Morgan fingerprint density at radius 3 is 2.10 bits per heavy atom. The van der Waals surface area contributed by atoms with Gasteiger partial charge in [-0.1, -0.05) is 58.4 Å². The second-order valence-electron chi connectivity index (χ2n) is 5.18. The molecular formula is C17H14BrClO2. The zero-order chi connectivity index (χ0) is 15.0. The maximum Gasteiger partial charge on any atom is 0.328 e. The molecule has 0 unspecified atom stereocenters. The van der Waals surface area contributed by atoms with Crippen LogP contribution in [0.15, 0.2) is 59.1 Å². The molecule has 0 bridgehead atoms. The number of esters is 1. The van der Waals surface area contributed by atoms with E-state index in [1.54, 1.807) is 0 Å². The van der Waals surface area contributed by atoms with Gasteiger partial charge in [-0.3, -0.25) is 4.79 Å². The van der Waals surface area contributed by atoms with Crippen molar-refractivity contribution in [2.24, 2.45) is 0 Å². The van der Waals surface area contributed by atoms with Crippen molar-refractivity contribution in [1.29, 1.82) is 0 Å². The lowest BCUT2D eigenvalue weighted by atomic mass is 10.0. The quantitative estimate of drug-likeness (QED) is 0.592. The van der Waals surface area contributed by atoms with Gasteiger partial charge in [0.2, 0.25) is 0 Å². The van der Waals surface area contributed by atoms with Crippen LogP contribution in [-0.2, 0) is 9.53 Å². The summed E-state index contributed by atoms with van der Waals surface area (Å²) >= 11 is 10.1. The van der Waals surface area contributed by atoms with Crippen molar-refractivity contribution in [2.75, 3.05) is 7.11 Å². The molecule has 2 aromatic carbocycles. The summed E-state index contributed by atoms with van der Waals surface area (Å²) in [5.74, 6) is -0.498. The first-order valence-corrected chi connectivity index (χ1v) is 7.84. The van der Waals surface area contributed by atoms with E-state index in [2.05, 4.69) is 15.9 Å². The van der Waals surface area contributed by atoms with Crippen molar-refractivity contribution >= 4 is 33.5 Å². The predicted molar refractivity (Wildman–Crippen MR) is 86.7 cm³/mol. The number of halogens is 2. The Hall–Kier alpha value is -1.32. The molecule has 3 rings (SSSR count). The third-order valence-electron chi connectivity index (χ3n) is 4.02. The summed E-state index contributed by atoms with van der Waals surface area (Å²) in [5, 5.41) is 0. The molecule has 1 saturated carbocycles. The highest BCUT2D eigenvalue weighted by Crippen LogP contribution is 2.68. The summed E-state index contributed by atoms with van der Waals surface area (Å²) in [6.45, 7) is 0. The topological polar surface area (TPSA) is 26.3 Å². The first-order valence-electron chi connectivity index (χ1n) is 6.66. The van der Waals surface area contributed by atoms with Crippen LogP contribution in [-0.4, -0.2) is 18.0 Å². The second-order valence-corrected chi connectivity index (χ2v) is 6.72. The minimum absolute atomic E-state index is 0.0611. The molecule has 0 radical (unpaired) electrons. The van der Waals surface area contributed by atoms with Crippen LogP contribution in [0.3, 0.4) is 0 Å². The molecule has 0 saturated heterocycles. The van der Waals surface area contributed by atoms with Crippen molar-refractivity contribution in [2.45, 2.75) is 16.7 Å². The van der Waals surface area contributed by atoms with Crippen molar-refractivity contribution in [3.8, 4) is 0 Å². The molecule has 0 N–H and O–H groups in total. The van der Waals surface area contributed by atoms with Gasteiger partial charge >= 0.3 is 5.97 Å². The fourth-order valence-corrected chi connectivity index (χ4v) is 3.75. The molecule has 0 aromatic heterocycles. The average molecular weight is 366 g/mol. The number of ether oxygens (including phenoxy) is 1. The molecule has 3 atom stereocenters. The Labute approximate surface area is 137 Å². The van der Waals surface area contributed by atoms with Crippen LogP contribution >= 0.6 is 27.5 Å². The molecule has 108 valence electrons. The van der Waals surface area contributed by atoms with Crippen LogP contribution in [0.5, 0.6) is 0 Å². The average Bonchev–Trinajstić information content (AvgIpc) is 3.15. The van der Waals surface area contributed by atoms with E-state index >= 15 is 0 Å². The summed E-state index contributed by atoms with van der Waals surface area (Å²) < 4.78 is 5.93. The van der Waals surface area contributed by atoms with E-state index in [-0.39, 0.29) is 17.8 Å². The largest absolute Gasteiger partial charge is 0.468 e. The number of carbonyl (C=O) groups is 1. The number of alkyl halides is 1. The normalized spacial score (nSPS) is 27.2. The number of hydrogen-bond donors (Lipinski definition) is 0. The van der Waals surface area contributed by atoms with Crippen LogP contribution in [0.1, 0.15) is 23.0 Å². The Balaban J connectivity index is 2.01. The number of carbonyl (C=O) groups excluding carboxylic acids is 1. The van der Waals surface area contributed by atoms with Gasteiger partial charge in [0.15, 0.2) is 4.87 Å². The Morgan fingerprint density at radius 1 is 1.05 bits per heavy atom. The molecule has 0 spiro atoms. The van der Waals surface area contributed by atoms with E-state index in [1.165, 1.54) is 7.11 Å². The van der Waals surface area contributed by atoms with Crippen LogP contribution in [0, 0.1) is 0 Å². The zero-order valence-corrected chi connectivity index (χ0v) is 13.8. The van der Waals surface area contributed by atoms with Crippen molar-refractivity contribution in [1.82, 2.24) is 0 Å². The van der Waals surface area contributed by atoms with Gasteiger partial charge in [-0.2, -0.15) is 0 Å². The zero-order valence-electron chi connectivity index (χ0n) is 11.4. The van der Waals surface area contributed by atoms with Crippen LogP contribution in [0.2, 0.25) is 0 Å². The van der Waals surface area contributed by atoms with E-state index in [4.69, 9.17) is 16.3 Å². The van der Waals surface area contributed by atoms with Gasteiger partial charge in [0, 0.05) is 16.3 Å². The Bertz CT molecular complexity index is 656. The predicted octanol–water partition coefficient (Wildman–Crippen LogP) is 4.48. The first kappa shape index (κ1) is 14.6. The number of hydrogen-bond acceptors (Lipinski definition) is 2. The lowest BCUT2D eigenvalue weighted by Gasteiger charge is -2.07. The molecule has 4 heteroatoms. The number of benzene rings is 2.